The van der Waals surface area contributed by atoms with Crippen LogP contribution in [0.3, 0.4) is 0 Å². The minimum Gasteiger partial charge on any atom is -0.380 e. The van der Waals surface area contributed by atoms with Gasteiger partial charge in [0.05, 0.1) is 18.1 Å². The van der Waals surface area contributed by atoms with Crippen LogP contribution in [0.5, 0.6) is 0 Å². The second-order valence-electron chi connectivity index (χ2n) is 9.02. The summed E-state index contributed by atoms with van der Waals surface area (Å²) in [7, 11) is -3.49. The minimum atomic E-state index is -3.49. The monoisotopic (exact) mass is 441 g/mol. The summed E-state index contributed by atoms with van der Waals surface area (Å²) in [6.45, 7) is 4.08. The van der Waals surface area contributed by atoms with Crippen LogP contribution < -0.4 is 0 Å². The molecule has 166 valence electrons. The number of hydrogen-bond acceptors (Lipinski definition) is 5. The molecule has 1 aromatic heterocycles. The van der Waals surface area contributed by atoms with Crippen LogP contribution in [0.4, 0.5) is 0 Å². The first-order valence-corrected chi connectivity index (χ1v) is 12.9. The molecule has 0 radical (unpaired) electrons. The molecule has 1 aliphatic carbocycles. The standard InChI is InChI=1S/C24H31N3O3S/c28-31(29,23-8-7-20-5-1-2-6-21(20)14-23)27-11-9-24-22(17-27)18-30-13-12-26(24)16-19-4-3-10-25-15-19/h3-4,7-8,10,14-15,22,24H,1-2,5-6,9,11-13,16-18H2/t22-,24-/m1/s1. The van der Waals surface area contributed by atoms with Crippen molar-refractivity contribution in [3.63, 3.8) is 0 Å². The third-order valence-electron chi connectivity index (χ3n) is 7.05. The topological polar surface area (TPSA) is 62.7 Å². The number of pyridine rings is 1. The maximum absolute atomic E-state index is 13.5. The van der Waals surface area contributed by atoms with Crippen molar-refractivity contribution >= 4 is 10.0 Å². The number of aryl methyl sites for hydroxylation is 2. The van der Waals surface area contributed by atoms with Crippen molar-refractivity contribution in [2.45, 2.75) is 49.6 Å². The van der Waals surface area contributed by atoms with E-state index in [1.54, 1.807) is 10.5 Å². The summed E-state index contributed by atoms with van der Waals surface area (Å²) in [5, 5.41) is 0. The zero-order valence-corrected chi connectivity index (χ0v) is 18.8. The summed E-state index contributed by atoms with van der Waals surface area (Å²) >= 11 is 0. The number of sulfonamides is 1. The van der Waals surface area contributed by atoms with Gasteiger partial charge in [0, 0.05) is 50.5 Å². The van der Waals surface area contributed by atoms with Gasteiger partial charge in [-0.1, -0.05) is 12.1 Å². The molecule has 31 heavy (non-hydrogen) atoms. The van der Waals surface area contributed by atoms with E-state index in [4.69, 9.17) is 4.74 Å². The fourth-order valence-corrected chi connectivity index (χ4v) is 6.94. The van der Waals surface area contributed by atoms with Crippen molar-refractivity contribution in [2.24, 2.45) is 5.92 Å². The van der Waals surface area contributed by atoms with Gasteiger partial charge < -0.3 is 4.74 Å². The average Bonchev–Trinajstić information content (AvgIpc) is 3.01. The van der Waals surface area contributed by atoms with E-state index in [1.807, 2.05) is 30.5 Å². The van der Waals surface area contributed by atoms with Gasteiger partial charge in [-0.2, -0.15) is 4.31 Å². The van der Waals surface area contributed by atoms with Crippen LogP contribution in [0.1, 0.15) is 36.0 Å². The predicted molar refractivity (Wildman–Crippen MR) is 119 cm³/mol. The van der Waals surface area contributed by atoms with Crippen LogP contribution in [-0.4, -0.2) is 61.5 Å². The van der Waals surface area contributed by atoms with E-state index < -0.39 is 10.0 Å². The molecule has 2 fully saturated rings. The zero-order valence-electron chi connectivity index (χ0n) is 17.9. The van der Waals surface area contributed by atoms with Crippen LogP contribution in [0.2, 0.25) is 0 Å². The van der Waals surface area contributed by atoms with E-state index in [2.05, 4.69) is 16.0 Å². The van der Waals surface area contributed by atoms with E-state index in [-0.39, 0.29) is 5.92 Å². The molecule has 5 rings (SSSR count). The van der Waals surface area contributed by atoms with Gasteiger partial charge in [-0.25, -0.2) is 8.42 Å². The molecule has 0 unspecified atom stereocenters. The highest BCUT2D eigenvalue weighted by Crippen LogP contribution is 2.31. The third-order valence-corrected chi connectivity index (χ3v) is 8.91. The fraction of sp³-hybridized carbons (Fsp3) is 0.542. The van der Waals surface area contributed by atoms with Crippen molar-refractivity contribution in [3.05, 3.63) is 59.4 Å². The minimum absolute atomic E-state index is 0.181. The molecule has 2 atom stereocenters. The molecule has 2 aliphatic heterocycles. The number of benzene rings is 1. The molecule has 6 nitrogen and oxygen atoms in total. The highest BCUT2D eigenvalue weighted by molar-refractivity contribution is 7.89. The van der Waals surface area contributed by atoms with Gasteiger partial charge in [0.15, 0.2) is 0 Å². The molecule has 0 spiro atoms. The van der Waals surface area contributed by atoms with Crippen LogP contribution in [0.15, 0.2) is 47.6 Å². The van der Waals surface area contributed by atoms with Crippen molar-refractivity contribution in [1.82, 2.24) is 14.2 Å². The van der Waals surface area contributed by atoms with Crippen molar-refractivity contribution in [3.8, 4) is 0 Å². The second-order valence-corrected chi connectivity index (χ2v) is 11.0. The largest absolute Gasteiger partial charge is 0.380 e. The Bertz CT molecular complexity index is 1010. The molecular formula is C24H31N3O3S. The first-order valence-electron chi connectivity index (χ1n) is 11.4. The van der Waals surface area contributed by atoms with Gasteiger partial charge in [-0.15, -0.1) is 0 Å². The Morgan fingerprint density at radius 1 is 1.10 bits per heavy atom. The molecule has 0 N–H and O–H groups in total. The zero-order chi connectivity index (χ0) is 21.3. The Labute approximate surface area is 185 Å². The second kappa shape index (κ2) is 8.98. The van der Waals surface area contributed by atoms with E-state index in [9.17, 15) is 8.42 Å². The number of nitrogens with zero attached hydrogens (tertiary/aromatic N) is 3. The summed E-state index contributed by atoms with van der Waals surface area (Å²) in [6.07, 6.45) is 8.93. The Balaban J connectivity index is 1.33. The molecule has 3 heterocycles. The van der Waals surface area contributed by atoms with Crippen molar-refractivity contribution in [2.75, 3.05) is 32.8 Å². The molecule has 7 heteroatoms. The van der Waals surface area contributed by atoms with Crippen molar-refractivity contribution in [1.29, 1.82) is 0 Å². The quantitative estimate of drug-likeness (QED) is 0.730. The predicted octanol–water partition coefficient (Wildman–Crippen LogP) is 2.87. The molecule has 2 aromatic rings. The Kier molecular flexibility index (Phi) is 6.10. The van der Waals surface area contributed by atoms with Crippen LogP contribution in [-0.2, 0) is 34.1 Å². The number of rotatable bonds is 4. The summed E-state index contributed by atoms with van der Waals surface area (Å²) in [4.78, 5) is 7.15. The maximum atomic E-state index is 13.5. The van der Waals surface area contributed by atoms with E-state index >= 15 is 0 Å². The van der Waals surface area contributed by atoms with E-state index in [0.29, 0.717) is 37.2 Å². The van der Waals surface area contributed by atoms with Gasteiger partial charge in [0.25, 0.3) is 0 Å². The van der Waals surface area contributed by atoms with Gasteiger partial charge in [-0.3, -0.25) is 9.88 Å². The van der Waals surface area contributed by atoms with Crippen LogP contribution >= 0.6 is 0 Å². The number of fused-ring (bicyclic) bond motifs is 2. The molecule has 3 aliphatic rings. The SMILES string of the molecule is O=S(=O)(c1ccc2c(c1)CCCC2)N1CC[C@@H]2[C@@H](COCCN2Cc2cccnc2)C1. The maximum Gasteiger partial charge on any atom is 0.243 e. The average molecular weight is 442 g/mol. The number of piperidine rings is 1. The number of aromatic nitrogens is 1. The third kappa shape index (κ3) is 4.42. The lowest BCUT2D eigenvalue weighted by atomic mass is 9.92. The summed E-state index contributed by atoms with van der Waals surface area (Å²) in [5.41, 5.74) is 3.71. The number of ether oxygens (including phenoxy) is 1. The van der Waals surface area contributed by atoms with Gasteiger partial charge >= 0.3 is 0 Å². The highest BCUT2D eigenvalue weighted by Gasteiger charge is 2.39. The summed E-state index contributed by atoms with van der Waals surface area (Å²) in [5.74, 6) is 0.181. The lowest BCUT2D eigenvalue weighted by Gasteiger charge is -2.41. The molecule has 1 aromatic carbocycles. The van der Waals surface area contributed by atoms with Crippen LogP contribution in [0, 0.1) is 5.92 Å². The normalized spacial score (nSPS) is 25.4. The molecule has 0 saturated carbocycles. The molecule has 2 saturated heterocycles. The van der Waals surface area contributed by atoms with E-state index in [1.165, 1.54) is 23.1 Å². The van der Waals surface area contributed by atoms with Gasteiger partial charge in [0.2, 0.25) is 10.0 Å². The van der Waals surface area contributed by atoms with E-state index in [0.717, 1.165) is 38.8 Å². The smallest absolute Gasteiger partial charge is 0.243 e. The molecular weight excluding hydrogens is 410 g/mol. The van der Waals surface area contributed by atoms with Crippen LogP contribution in [0.25, 0.3) is 0 Å². The van der Waals surface area contributed by atoms with Crippen molar-refractivity contribution < 1.29 is 13.2 Å². The Morgan fingerprint density at radius 3 is 2.81 bits per heavy atom. The molecule has 0 amide bonds. The first-order chi connectivity index (χ1) is 15.1. The van der Waals surface area contributed by atoms with Gasteiger partial charge in [-0.05, 0) is 67.0 Å². The lowest BCUT2D eigenvalue weighted by molar-refractivity contribution is 0.0762. The Morgan fingerprint density at radius 2 is 1.97 bits per heavy atom. The lowest BCUT2D eigenvalue weighted by Crippen LogP contribution is -2.52. The van der Waals surface area contributed by atoms with Gasteiger partial charge in [0.1, 0.15) is 0 Å². The number of hydrogen-bond donors (Lipinski definition) is 0. The highest BCUT2D eigenvalue weighted by atomic mass is 32.2. The molecule has 0 bridgehead atoms. The summed E-state index contributed by atoms with van der Waals surface area (Å²) < 4.78 is 34.5. The summed E-state index contributed by atoms with van der Waals surface area (Å²) in [6, 6.07) is 10.2. The first kappa shape index (κ1) is 21.1. The Hall–Kier alpha value is -1.80. The fourth-order valence-electron chi connectivity index (χ4n) is 5.37.